The molecule has 0 bridgehead atoms. The standard InChI is InChI=1S/C33H22N2O2S/c1-21(36)35-26-19-25-16-10-18-34(33(37)23-13-6-3-7-14-23)31(25)30(26)29(22-11-4-2-5-12-22)32(35)28-20-24-15-8-9-17-27(24)38-28/h2-20H,1H3. The summed E-state index contributed by atoms with van der Waals surface area (Å²) in [5.74, 6) is -0.178. The molecule has 1 aliphatic heterocycles. The number of carbonyl (C=O) groups is 2. The van der Waals surface area contributed by atoms with Crippen molar-refractivity contribution in [2.45, 2.75) is 6.92 Å². The second-order valence-electron chi connectivity index (χ2n) is 9.35. The van der Waals surface area contributed by atoms with Gasteiger partial charge in [0.2, 0.25) is 5.91 Å². The Labute approximate surface area is 223 Å². The molecule has 0 saturated carbocycles. The fourth-order valence-electron chi connectivity index (χ4n) is 5.45. The van der Waals surface area contributed by atoms with Crippen molar-refractivity contribution in [2.75, 3.05) is 0 Å². The molecule has 0 N–H and O–H groups in total. The molecule has 0 amide bonds. The third kappa shape index (κ3) is 3.36. The average molecular weight is 511 g/mol. The molecule has 0 atom stereocenters. The molecule has 182 valence electrons. The lowest BCUT2D eigenvalue weighted by molar-refractivity contribution is 0.0940. The number of hydrogen-bond donors (Lipinski definition) is 0. The number of thiophene rings is 1. The Morgan fingerprint density at radius 1 is 0.711 bits per heavy atom. The monoisotopic (exact) mass is 510 g/mol. The van der Waals surface area contributed by atoms with E-state index in [0.29, 0.717) is 5.56 Å². The van der Waals surface area contributed by atoms with Gasteiger partial charge in [-0.15, -0.1) is 11.3 Å². The molecule has 3 heterocycles. The minimum atomic E-state index is -0.110. The highest BCUT2D eigenvalue weighted by molar-refractivity contribution is 7.22. The highest BCUT2D eigenvalue weighted by atomic mass is 32.1. The van der Waals surface area contributed by atoms with E-state index < -0.39 is 0 Å². The van der Waals surface area contributed by atoms with Crippen LogP contribution in [0.3, 0.4) is 0 Å². The molecular weight excluding hydrogens is 488 g/mol. The molecule has 2 aromatic heterocycles. The lowest BCUT2D eigenvalue weighted by atomic mass is 10.00. The number of rotatable bonds is 3. The Kier molecular flexibility index (Phi) is 5.13. The molecule has 3 aromatic carbocycles. The lowest BCUT2D eigenvalue weighted by Gasteiger charge is -2.14. The molecule has 4 nitrogen and oxygen atoms in total. The molecule has 1 aliphatic carbocycles. The number of hydrogen-bond acceptors (Lipinski definition) is 3. The topological polar surface area (TPSA) is 44.0 Å². The molecule has 2 aliphatic rings. The Morgan fingerprint density at radius 2 is 1.39 bits per heavy atom. The van der Waals surface area contributed by atoms with Gasteiger partial charge in [-0.2, -0.15) is 0 Å². The minimum Gasteiger partial charge on any atom is -0.282 e. The van der Waals surface area contributed by atoms with Crippen LogP contribution in [0.25, 0.3) is 53.9 Å². The van der Waals surface area contributed by atoms with Crippen LogP contribution in [0.15, 0.2) is 115 Å². The Bertz CT molecular complexity index is 1930. The van der Waals surface area contributed by atoms with Gasteiger partial charge in [0.25, 0.3) is 5.91 Å². The first kappa shape index (κ1) is 22.5. The van der Waals surface area contributed by atoms with Crippen LogP contribution in [-0.2, 0) is 0 Å². The van der Waals surface area contributed by atoms with E-state index in [9.17, 15) is 9.59 Å². The highest BCUT2D eigenvalue weighted by Crippen LogP contribution is 2.49. The van der Waals surface area contributed by atoms with Crippen LogP contribution in [0.1, 0.15) is 22.1 Å². The number of pyridine rings is 1. The van der Waals surface area contributed by atoms with Crippen molar-refractivity contribution in [1.29, 1.82) is 0 Å². The second kappa shape index (κ2) is 8.68. The quantitative estimate of drug-likeness (QED) is 0.239. The van der Waals surface area contributed by atoms with E-state index >= 15 is 0 Å². The van der Waals surface area contributed by atoms with Crippen molar-refractivity contribution >= 4 is 44.1 Å². The molecule has 0 unspecified atom stereocenters. The van der Waals surface area contributed by atoms with E-state index in [1.165, 1.54) is 0 Å². The van der Waals surface area contributed by atoms with Crippen molar-refractivity contribution in [3.63, 3.8) is 0 Å². The Hall–Kier alpha value is -4.74. The van der Waals surface area contributed by atoms with Crippen molar-refractivity contribution in [2.24, 2.45) is 0 Å². The van der Waals surface area contributed by atoms with Crippen LogP contribution in [-0.4, -0.2) is 20.9 Å². The summed E-state index contributed by atoms with van der Waals surface area (Å²) in [5, 5.41) is 2.04. The van der Waals surface area contributed by atoms with Gasteiger partial charge in [-0.1, -0.05) is 72.8 Å². The van der Waals surface area contributed by atoms with E-state index in [0.717, 1.165) is 53.9 Å². The maximum absolute atomic E-state index is 13.8. The van der Waals surface area contributed by atoms with E-state index in [4.69, 9.17) is 0 Å². The summed E-state index contributed by atoms with van der Waals surface area (Å²) in [5.41, 5.74) is 5.95. The number of aromatic nitrogens is 2. The van der Waals surface area contributed by atoms with Gasteiger partial charge < -0.3 is 0 Å². The van der Waals surface area contributed by atoms with E-state index in [-0.39, 0.29) is 11.8 Å². The average Bonchev–Trinajstić information content (AvgIpc) is 3.63. The van der Waals surface area contributed by atoms with Gasteiger partial charge >= 0.3 is 0 Å². The highest BCUT2D eigenvalue weighted by Gasteiger charge is 2.30. The van der Waals surface area contributed by atoms with Crippen molar-refractivity contribution in [1.82, 2.24) is 9.13 Å². The smallest absolute Gasteiger partial charge is 0.262 e. The Morgan fingerprint density at radius 3 is 2.13 bits per heavy atom. The summed E-state index contributed by atoms with van der Waals surface area (Å²) in [6.45, 7) is 1.60. The fraction of sp³-hybridized carbons (Fsp3) is 0.0303. The minimum absolute atomic E-state index is 0.0686. The zero-order valence-electron chi connectivity index (χ0n) is 20.6. The van der Waals surface area contributed by atoms with Gasteiger partial charge in [-0.05, 0) is 47.3 Å². The predicted octanol–water partition coefficient (Wildman–Crippen LogP) is 8.44. The van der Waals surface area contributed by atoms with Crippen LogP contribution in [0.4, 0.5) is 0 Å². The normalized spacial score (nSPS) is 11.5. The van der Waals surface area contributed by atoms with Crippen LogP contribution in [0.5, 0.6) is 0 Å². The van der Waals surface area contributed by atoms with Gasteiger partial charge in [0.15, 0.2) is 0 Å². The molecule has 38 heavy (non-hydrogen) atoms. The third-order valence-electron chi connectivity index (χ3n) is 7.04. The maximum Gasteiger partial charge on any atom is 0.262 e. The van der Waals surface area contributed by atoms with Gasteiger partial charge in [0, 0.05) is 39.9 Å². The first-order valence-corrected chi connectivity index (χ1v) is 13.3. The SMILES string of the molecule is CC(=O)n1c(-c2cc3ccccc3s2)c(-c2ccccc2)c2c3n(C(=O)c4ccccc4)cccc-3cc21. The summed E-state index contributed by atoms with van der Waals surface area (Å²) in [7, 11) is 0. The van der Waals surface area contributed by atoms with Crippen LogP contribution in [0.2, 0.25) is 0 Å². The summed E-state index contributed by atoms with van der Waals surface area (Å²) < 4.78 is 4.70. The zero-order valence-corrected chi connectivity index (χ0v) is 21.4. The molecule has 5 heteroatoms. The number of nitrogens with zero attached hydrogens (tertiary/aromatic N) is 2. The molecule has 0 radical (unpaired) electrons. The first-order valence-electron chi connectivity index (χ1n) is 12.5. The van der Waals surface area contributed by atoms with Gasteiger partial charge in [0.05, 0.1) is 21.8 Å². The van der Waals surface area contributed by atoms with Crippen LogP contribution >= 0.6 is 11.3 Å². The largest absolute Gasteiger partial charge is 0.282 e. The Balaban J connectivity index is 1.64. The van der Waals surface area contributed by atoms with E-state index in [2.05, 4.69) is 30.3 Å². The molecular formula is C33H22N2O2S. The molecule has 0 fully saturated rings. The zero-order chi connectivity index (χ0) is 25.8. The van der Waals surface area contributed by atoms with Crippen LogP contribution in [0, 0.1) is 0 Å². The summed E-state index contributed by atoms with van der Waals surface area (Å²) in [6.07, 6.45) is 1.82. The molecule has 5 aromatic rings. The predicted molar refractivity (Wildman–Crippen MR) is 155 cm³/mol. The maximum atomic E-state index is 13.8. The molecule has 0 spiro atoms. The number of carbonyl (C=O) groups excluding carboxylic acids is 2. The first-order chi connectivity index (χ1) is 18.6. The van der Waals surface area contributed by atoms with Crippen molar-refractivity contribution < 1.29 is 9.59 Å². The number of benzene rings is 3. The van der Waals surface area contributed by atoms with Gasteiger partial charge in [0.1, 0.15) is 0 Å². The third-order valence-corrected chi connectivity index (χ3v) is 8.16. The fourth-order valence-corrected chi connectivity index (χ4v) is 6.56. The lowest BCUT2D eigenvalue weighted by Crippen LogP contribution is -2.14. The van der Waals surface area contributed by atoms with Crippen LogP contribution < -0.4 is 0 Å². The molecule has 0 saturated heterocycles. The van der Waals surface area contributed by atoms with Gasteiger partial charge in [-0.25, -0.2) is 0 Å². The number of fused-ring (bicyclic) bond motifs is 4. The second-order valence-corrected chi connectivity index (χ2v) is 10.4. The van der Waals surface area contributed by atoms with Gasteiger partial charge in [-0.3, -0.25) is 18.7 Å². The summed E-state index contributed by atoms with van der Waals surface area (Å²) in [4.78, 5) is 28.1. The van der Waals surface area contributed by atoms with E-state index in [1.54, 1.807) is 22.8 Å². The molecule has 7 rings (SSSR count). The summed E-state index contributed by atoms with van der Waals surface area (Å²) in [6, 6.07) is 35.8. The van der Waals surface area contributed by atoms with Crippen molar-refractivity contribution in [3.8, 4) is 33.0 Å². The van der Waals surface area contributed by atoms with E-state index in [1.807, 2.05) is 89.6 Å². The van der Waals surface area contributed by atoms with Crippen molar-refractivity contribution in [3.05, 3.63) is 121 Å². The summed E-state index contributed by atoms with van der Waals surface area (Å²) >= 11 is 1.68.